The highest BCUT2D eigenvalue weighted by Crippen LogP contribution is 2.40. The summed E-state index contributed by atoms with van der Waals surface area (Å²) in [5, 5.41) is 79.3. The third kappa shape index (κ3) is 18.3. The molecule has 4 heterocycles. The number of aromatic amines is 2. The lowest BCUT2D eigenvalue weighted by molar-refractivity contribution is -0.347. The molecule has 2 aliphatic carbocycles. The minimum atomic E-state index is -4.94. The Morgan fingerprint density at radius 1 is 0.781 bits per heavy atom. The molecule has 4 fully saturated rings. The van der Waals surface area contributed by atoms with Gasteiger partial charge in [0.05, 0.1) is 41.8 Å². The quantitative estimate of drug-likeness (QED) is 0.0192. The number of nitrogens with zero attached hydrogens (tertiary/aromatic N) is 3. The van der Waals surface area contributed by atoms with Gasteiger partial charge >= 0.3 is 17.6 Å². The molecule has 96 heavy (non-hydrogen) atoms. The van der Waals surface area contributed by atoms with E-state index in [-0.39, 0.29) is 84.2 Å². The largest absolute Gasteiger partial charge is 0.479 e. The number of H-pyrrole nitrogens is 2. The summed E-state index contributed by atoms with van der Waals surface area (Å²) >= 11 is 0. The van der Waals surface area contributed by atoms with E-state index in [1.54, 1.807) is 29.1 Å². The number of rotatable bonds is 28. The summed E-state index contributed by atoms with van der Waals surface area (Å²) in [6.45, 7) is 2.20. The molecule has 12 N–H and O–H groups in total. The Morgan fingerprint density at radius 3 is 2.19 bits per heavy atom. The van der Waals surface area contributed by atoms with Gasteiger partial charge in [-0.05, 0) is 113 Å². The molecule has 2 aliphatic heterocycles. The summed E-state index contributed by atoms with van der Waals surface area (Å²) in [6.07, 6.45) is -15.6. The third-order valence-corrected chi connectivity index (χ3v) is 19.5. The molecule has 9 rings (SSSR count). The predicted molar refractivity (Wildman–Crippen MR) is 332 cm³/mol. The van der Waals surface area contributed by atoms with E-state index in [9.17, 15) is 90.1 Å². The summed E-state index contributed by atoms with van der Waals surface area (Å²) in [4.78, 5) is 97.0. The van der Waals surface area contributed by atoms with E-state index in [0.717, 1.165) is 43.5 Å². The zero-order chi connectivity index (χ0) is 69.3. The number of ether oxygens (including phenoxy) is 6. The predicted octanol–water partition coefficient (Wildman–Crippen LogP) is 1.62. The second kappa shape index (κ2) is 31.9. The van der Waals surface area contributed by atoms with Gasteiger partial charge in [0.25, 0.3) is 31.7 Å². The number of ketones is 1. The van der Waals surface area contributed by atoms with Crippen LogP contribution in [-0.4, -0.2) is 203 Å². The van der Waals surface area contributed by atoms with E-state index < -0.39 is 169 Å². The van der Waals surface area contributed by atoms with Gasteiger partial charge in [-0.25, -0.2) is 14.4 Å². The second-order valence-corrected chi connectivity index (χ2v) is 27.5. The van der Waals surface area contributed by atoms with Gasteiger partial charge in [-0.2, -0.15) is 16.8 Å². The number of benzene rings is 3. The summed E-state index contributed by atoms with van der Waals surface area (Å²) in [5.74, 6) is -5.59. The fourth-order valence-electron chi connectivity index (χ4n) is 12.8. The molecular weight excluding hydrogens is 1310 g/mol. The van der Waals surface area contributed by atoms with Gasteiger partial charge in [-0.1, -0.05) is 55.5 Å². The Hall–Kier alpha value is -7.29. The Balaban J connectivity index is 0.926. The zero-order valence-electron chi connectivity index (χ0n) is 52.3. The van der Waals surface area contributed by atoms with Crippen LogP contribution >= 0.6 is 0 Å². The molecule has 2 aromatic heterocycles. The van der Waals surface area contributed by atoms with Crippen LogP contribution in [0.25, 0.3) is 10.8 Å². The van der Waals surface area contributed by atoms with Gasteiger partial charge in [0.15, 0.2) is 24.8 Å². The Morgan fingerprint density at radius 2 is 1.50 bits per heavy atom. The maximum absolute atomic E-state index is 14.7. The summed E-state index contributed by atoms with van der Waals surface area (Å²) in [5.41, 5.74) is -1.87. The van der Waals surface area contributed by atoms with Crippen molar-refractivity contribution in [3.63, 3.8) is 0 Å². The highest BCUT2D eigenvalue weighted by molar-refractivity contribution is 7.86. The van der Waals surface area contributed by atoms with Gasteiger partial charge in [0, 0.05) is 48.3 Å². The zero-order valence-corrected chi connectivity index (χ0v) is 53.9. The topological polar surface area (TPSA) is 491 Å². The molecule has 34 heteroatoms. The molecule has 2 amide bonds. The van der Waals surface area contributed by atoms with Crippen molar-refractivity contribution < 1.29 is 109 Å². The van der Waals surface area contributed by atoms with Crippen LogP contribution in [0.3, 0.4) is 0 Å². The summed E-state index contributed by atoms with van der Waals surface area (Å²) in [6, 6.07) is 11.4. The Labute approximate surface area is 549 Å². The highest BCUT2D eigenvalue weighted by Gasteiger charge is 2.54. The van der Waals surface area contributed by atoms with Crippen molar-refractivity contribution in [1.29, 1.82) is 0 Å². The lowest BCUT2D eigenvalue weighted by atomic mass is 9.78. The number of aromatic nitrogens is 5. The number of carboxylic acid groups (broad SMARTS) is 1. The number of aliphatic hydroxyl groups excluding tert-OH is 5. The SMILES string of the molecule is Cc1cc(S(=O)(=O)O)c2c(NC(=O)CCCCn3cc(CCCCC(=O)C4CC(NC(=O)c5cc(=O)[nH]c(=O)[nH]5)C(OC5OC(C)C(O)C(O)C5O)C(OC5OC(CO)C(O)C(O[C@@H](CC6CCCCC6)C(=O)O)C5OC(=O)c5ccccc5)C4)nn3)ccc(S(=O)(=O)O)c2c1. The van der Waals surface area contributed by atoms with E-state index >= 15 is 0 Å². The first kappa shape index (κ1) is 73.0. The number of Topliss-reactive ketones (excluding diaryl/α,β-unsaturated/α-hetero) is 1. The van der Waals surface area contributed by atoms with Gasteiger partial charge < -0.3 is 74.7 Å². The van der Waals surface area contributed by atoms with E-state index in [4.69, 9.17) is 28.4 Å². The van der Waals surface area contributed by atoms with Crippen molar-refractivity contribution >= 4 is 66.2 Å². The number of nitrogens with one attached hydrogen (secondary N) is 4. The number of amides is 2. The third-order valence-electron chi connectivity index (χ3n) is 17.7. The van der Waals surface area contributed by atoms with Crippen LogP contribution in [0.2, 0.25) is 0 Å². The molecule has 5 aromatic rings. The molecule has 3 aromatic carbocycles. The molecule has 524 valence electrons. The average Bonchev–Trinajstić information content (AvgIpc) is 0.834. The lowest BCUT2D eigenvalue weighted by Crippen LogP contribution is -2.65. The van der Waals surface area contributed by atoms with E-state index in [0.29, 0.717) is 44.3 Å². The van der Waals surface area contributed by atoms with Crippen molar-refractivity contribution in [2.24, 2.45) is 11.8 Å². The molecule has 15 atom stereocenters. The molecule has 14 unspecified atom stereocenters. The maximum atomic E-state index is 14.7. The minimum absolute atomic E-state index is 0.00130. The molecule has 0 bridgehead atoms. The van der Waals surface area contributed by atoms with Crippen molar-refractivity contribution in [2.45, 2.75) is 212 Å². The van der Waals surface area contributed by atoms with Gasteiger partial charge in [0.1, 0.15) is 64.0 Å². The second-order valence-electron chi connectivity index (χ2n) is 24.7. The normalized spacial score (nSPS) is 27.0. The van der Waals surface area contributed by atoms with E-state index in [1.165, 1.54) is 32.0 Å². The molecule has 2 saturated heterocycles. The van der Waals surface area contributed by atoms with E-state index in [1.807, 2.05) is 4.98 Å². The molecule has 4 aliphatic rings. The van der Waals surface area contributed by atoms with Gasteiger partial charge in [-0.15, -0.1) is 5.10 Å². The maximum Gasteiger partial charge on any atom is 0.338 e. The highest BCUT2D eigenvalue weighted by atomic mass is 32.2. The van der Waals surface area contributed by atoms with Crippen LogP contribution < -0.4 is 21.9 Å². The summed E-state index contributed by atoms with van der Waals surface area (Å²) < 4.78 is 108. The summed E-state index contributed by atoms with van der Waals surface area (Å²) in [7, 11) is -9.81. The number of aryl methyl sites for hydroxylation is 3. The van der Waals surface area contributed by atoms with Crippen LogP contribution in [0.15, 0.2) is 86.2 Å². The number of aliphatic carboxylic acids is 1. The molecule has 0 spiro atoms. The number of carbonyl (C=O) groups excluding carboxylic acids is 4. The standard InChI is InChI=1S/C62H79N7O25S2/c1-31-23-37-45(95(83,84)85)21-20-38(49(37)46(24-31)96(86,87)88)63-47(72)19-11-12-22-69-29-36(67-68-69)17-9-10-18-41(71)35-26-39(64-57(78)40-28-48(73)66-62(82)65-40)54(94-60-53(77)52(76)50(74)32(2)89-60)42(27-35)91-61-56(93-59(81)34-15-7-4-8-16-34)55(51(75)44(30-70)92-61)90-43(58(79)80)25-33-13-5-3-6-14-33/h4,7-8,15-16,20-21,23-24,28-29,32-33,35,39,42-44,50-56,60-61,70,74-77H,3,5-6,9-14,17-19,22,25-27,30H2,1-2H3,(H,63,72)(H,64,78)(H,79,80)(H,83,84,85)(H,86,87,88)(H2,65,66,73,82)/t32?,35?,39?,42?,43-,44?,50?,51?,52?,53?,54?,55?,56?,60?,61?/m0/s1. The van der Waals surface area contributed by atoms with Crippen LogP contribution in [0, 0.1) is 18.8 Å². The lowest BCUT2D eigenvalue weighted by Gasteiger charge is -2.49. The number of carboxylic acids is 1. The van der Waals surface area contributed by atoms with Crippen molar-refractivity contribution in [2.75, 3.05) is 11.9 Å². The number of unbranched alkanes of at least 4 members (excludes halogenated alkanes) is 2. The number of aliphatic hydroxyl groups is 5. The number of anilines is 1. The minimum Gasteiger partial charge on any atom is -0.479 e. The van der Waals surface area contributed by atoms with Crippen LogP contribution in [-0.2, 0) is 76.0 Å². The van der Waals surface area contributed by atoms with Crippen LogP contribution in [0.1, 0.15) is 129 Å². The van der Waals surface area contributed by atoms with Gasteiger partial charge in [-0.3, -0.25) is 37.9 Å². The smallest absolute Gasteiger partial charge is 0.338 e. The van der Waals surface area contributed by atoms with E-state index in [2.05, 4.69) is 25.9 Å². The monoisotopic (exact) mass is 1390 g/mol. The van der Waals surface area contributed by atoms with Crippen LogP contribution in [0.4, 0.5) is 5.69 Å². The molecule has 0 radical (unpaired) electrons. The van der Waals surface area contributed by atoms with Gasteiger partial charge in [0.2, 0.25) is 5.91 Å². The number of carbonyl (C=O) groups is 5. The number of fused-ring (bicyclic) bond motifs is 1. The van der Waals surface area contributed by atoms with Crippen LogP contribution in [0.5, 0.6) is 0 Å². The average molecular weight is 1390 g/mol. The van der Waals surface area contributed by atoms with Crippen molar-refractivity contribution in [1.82, 2.24) is 30.3 Å². The number of hydrogen-bond acceptors (Lipinski definition) is 24. The Kier molecular flexibility index (Phi) is 24.3. The van der Waals surface area contributed by atoms with Crippen molar-refractivity contribution in [3.8, 4) is 0 Å². The molecule has 32 nitrogen and oxygen atoms in total. The molecular formula is C62H79N7O25S2. The fraction of sp³-hybridized carbons (Fsp3) is 0.565. The first-order valence-electron chi connectivity index (χ1n) is 31.5. The first-order valence-corrected chi connectivity index (χ1v) is 34.4. The number of esters is 1. The Bertz CT molecular complexity index is 3910. The first-order chi connectivity index (χ1) is 45.6. The van der Waals surface area contributed by atoms with Crippen molar-refractivity contribution in [3.05, 3.63) is 110 Å². The molecule has 2 saturated carbocycles. The number of hydrogen-bond donors (Lipinski definition) is 12. The fourth-order valence-corrected chi connectivity index (χ4v) is 14.3.